The Labute approximate surface area is 91.3 Å². The van der Waals surface area contributed by atoms with E-state index in [1.165, 1.54) is 0 Å². The van der Waals surface area contributed by atoms with Gasteiger partial charge < -0.3 is 4.42 Å². The summed E-state index contributed by atoms with van der Waals surface area (Å²) in [6.07, 6.45) is 1.93. The minimum atomic E-state index is 0.152. The van der Waals surface area contributed by atoms with Crippen molar-refractivity contribution in [2.45, 2.75) is 17.9 Å². The third-order valence-electron chi connectivity index (χ3n) is 2.66. The van der Waals surface area contributed by atoms with E-state index in [1.54, 1.807) is 11.8 Å². The molecule has 0 atom stereocenters. The van der Waals surface area contributed by atoms with Crippen molar-refractivity contribution in [1.29, 1.82) is 0 Å². The molecule has 0 saturated carbocycles. The molecule has 0 aliphatic carbocycles. The summed E-state index contributed by atoms with van der Waals surface area (Å²) < 4.78 is 5.73. The van der Waals surface area contributed by atoms with Crippen LogP contribution in [-0.4, -0.2) is 5.75 Å². The molecule has 76 valence electrons. The van der Waals surface area contributed by atoms with Gasteiger partial charge in [0.25, 0.3) is 0 Å². The van der Waals surface area contributed by atoms with Crippen LogP contribution in [0, 0.1) is 0 Å². The average Bonchev–Trinajstić information content (AvgIpc) is 2.30. The van der Waals surface area contributed by atoms with Crippen LogP contribution in [0.4, 0.5) is 0 Å². The lowest BCUT2D eigenvalue weighted by Crippen LogP contribution is -2.13. The minimum absolute atomic E-state index is 0.152. The Balaban J connectivity index is 2.41. The summed E-state index contributed by atoms with van der Waals surface area (Å²) in [5.41, 5.74) is 1.72. The quantitative estimate of drug-likeness (QED) is 0.681. The molecule has 2 aromatic rings. The van der Waals surface area contributed by atoms with Crippen LogP contribution in [0.3, 0.4) is 0 Å². The first-order chi connectivity index (χ1) is 7.36. The standard InChI is InChI=1S/C12H10O2S/c13-11-8-4-1-2-6-10(8)14-12-9(11)5-3-7-15-12/h1-2,4,6H,3,5,7H2. The molecule has 0 amide bonds. The molecule has 1 aliphatic rings. The summed E-state index contributed by atoms with van der Waals surface area (Å²) in [6, 6.07) is 7.46. The molecule has 0 unspecified atom stereocenters. The van der Waals surface area contributed by atoms with Crippen LogP contribution in [0.15, 0.2) is 38.6 Å². The van der Waals surface area contributed by atoms with E-state index in [2.05, 4.69) is 0 Å². The molecule has 2 nitrogen and oxygen atoms in total. The zero-order valence-electron chi connectivity index (χ0n) is 8.16. The van der Waals surface area contributed by atoms with Crippen LogP contribution in [0.2, 0.25) is 0 Å². The Bertz CT molecular complexity index is 571. The fourth-order valence-electron chi connectivity index (χ4n) is 1.91. The third-order valence-corrected chi connectivity index (χ3v) is 3.74. The van der Waals surface area contributed by atoms with Crippen molar-refractivity contribution in [2.24, 2.45) is 0 Å². The van der Waals surface area contributed by atoms with Gasteiger partial charge >= 0.3 is 0 Å². The van der Waals surface area contributed by atoms with E-state index < -0.39 is 0 Å². The summed E-state index contributed by atoms with van der Waals surface area (Å²) in [6.45, 7) is 0. The van der Waals surface area contributed by atoms with Gasteiger partial charge in [0.05, 0.1) is 5.39 Å². The van der Waals surface area contributed by atoms with Gasteiger partial charge in [-0.25, -0.2) is 0 Å². The average molecular weight is 218 g/mol. The Kier molecular flexibility index (Phi) is 2.06. The molecular weight excluding hydrogens is 208 g/mol. The van der Waals surface area contributed by atoms with E-state index in [-0.39, 0.29) is 5.43 Å². The third kappa shape index (κ3) is 1.38. The van der Waals surface area contributed by atoms with E-state index in [1.807, 2.05) is 24.3 Å². The number of para-hydroxylation sites is 1. The van der Waals surface area contributed by atoms with Gasteiger partial charge in [-0.05, 0) is 25.0 Å². The summed E-state index contributed by atoms with van der Waals surface area (Å²) in [5.74, 6) is 1.05. The first kappa shape index (κ1) is 9.04. The van der Waals surface area contributed by atoms with Crippen molar-refractivity contribution in [1.82, 2.24) is 0 Å². The molecule has 1 aliphatic heterocycles. The smallest absolute Gasteiger partial charge is 0.197 e. The number of thioether (sulfide) groups is 1. The van der Waals surface area contributed by atoms with Crippen molar-refractivity contribution in [3.8, 4) is 0 Å². The van der Waals surface area contributed by atoms with Crippen molar-refractivity contribution in [2.75, 3.05) is 5.75 Å². The lowest BCUT2D eigenvalue weighted by molar-refractivity contribution is 0.481. The van der Waals surface area contributed by atoms with Gasteiger partial charge in [-0.3, -0.25) is 4.79 Å². The van der Waals surface area contributed by atoms with Crippen molar-refractivity contribution in [3.63, 3.8) is 0 Å². The predicted octanol–water partition coefficient (Wildman–Crippen LogP) is 2.83. The fourth-order valence-corrected chi connectivity index (χ4v) is 2.90. The number of benzene rings is 1. The maximum absolute atomic E-state index is 12.1. The predicted molar refractivity (Wildman–Crippen MR) is 61.5 cm³/mol. The molecule has 3 heteroatoms. The number of hydrogen-bond acceptors (Lipinski definition) is 3. The van der Waals surface area contributed by atoms with Gasteiger partial charge in [-0.2, -0.15) is 0 Å². The molecule has 3 rings (SSSR count). The molecule has 0 bridgehead atoms. The highest BCUT2D eigenvalue weighted by Crippen LogP contribution is 2.30. The van der Waals surface area contributed by atoms with Crippen LogP contribution in [0.1, 0.15) is 12.0 Å². The lowest BCUT2D eigenvalue weighted by Gasteiger charge is -2.13. The monoisotopic (exact) mass is 218 g/mol. The Morgan fingerprint density at radius 2 is 2.13 bits per heavy atom. The minimum Gasteiger partial charge on any atom is -0.449 e. The molecule has 0 spiro atoms. The summed E-state index contributed by atoms with van der Waals surface area (Å²) >= 11 is 1.65. The molecule has 2 heterocycles. The molecule has 0 N–H and O–H groups in total. The Morgan fingerprint density at radius 1 is 1.27 bits per heavy atom. The first-order valence-electron chi connectivity index (χ1n) is 5.04. The van der Waals surface area contributed by atoms with Gasteiger partial charge in [-0.15, -0.1) is 0 Å². The summed E-state index contributed by atoms with van der Waals surface area (Å²) in [7, 11) is 0. The first-order valence-corrected chi connectivity index (χ1v) is 6.02. The van der Waals surface area contributed by atoms with Crippen molar-refractivity contribution in [3.05, 3.63) is 40.1 Å². The van der Waals surface area contributed by atoms with Crippen LogP contribution >= 0.6 is 11.8 Å². The largest absolute Gasteiger partial charge is 0.449 e. The highest BCUT2D eigenvalue weighted by Gasteiger charge is 2.17. The van der Waals surface area contributed by atoms with Gasteiger partial charge in [0, 0.05) is 11.3 Å². The molecular formula is C12H10O2S. The zero-order chi connectivity index (χ0) is 10.3. The topological polar surface area (TPSA) is 30.2 Å². The van der Waals surface area contributed by atoms with E-state index in [9.17, 15) is 4.79 Å². The number of fused-ring (bicyclic) bond motifs is 2. The number of rotatable bonds is 0. The number of hydrogen-bond donors (Lipinski definition) is 0. The van der Waals surface area contributed by atoms with Crippen LogP contribution < -0.4 is 5.43 Å². The second-order valence-electron chi connectivity index (χ2n) is 3.65. The molecule has 0 radical (unpaired) electrons. The summed E-state index contributed by atoms with van der Waals surface area (Å²) in [5, 5.41) is 1.53. The van der Waals surface area contributed by atoms with Crippen LogP contribution in [0.5, 0.6) is 0 Å². The summed E-state index contributed by atoms with van der Waals surface area (Å²) in [4.78, 5) is 12.1. The maximum Gasteiger partial charge on any atom is 0.197 e. The zero-order valence-corrected chi connectivity index (χ0v) is 8.97. The van der Waals surface area contributed by atoms with Gasteiger partial charge in [0.15, 0.2) is 10.5 Å². The van der Waals surface area contributed by atoms with E-state index in [0.717, 1.165) is 29.3 Å². The Morgan fingerprint density at radius 3 is 3.07 bits per heavy atom. The molecule has 15 heavy (non-hydrogen) atoms. The van der Waals surface area contributed by atoms with E-state index in [4.69, 9.17) is 4.42 Å². The molecule has 0 saturated heterocycles. The fraction of sp³-hybridized carbons (Fsp3) is 0.250. The Hall–Kier alpha value is -1.22. The molecule has 1 aromatic carbocycles. The second-order valence-corrected chi connectivity index (χ2v) is 4.71. The second kappa shape index (κ2) is 3.42. The maximum atomic E-state index is 12.1. The van der Waals surface area contributed by atoms with Crippen LogP contribution in [-0.2, 0) is 6.42 Å². The van der Waals surface area contributed by atoms with E-state index in [0.29, 0.717) is 11.0 Å². The van der Waals surface area contributed by atoms with Crippen LogP contribution in [0.25, 0.3) is 11.0 Å². The SMILES string of the molecule is O=c1c2c(oc3ccccc13)SCCC2. The lowest BCUT2D eigenvalue weighted by atomic mass is 10.1. The van der Waals surface area contributed by atoms with Gasteiger partial charge in [-0.1, -0.05) is 23.9 Å². The highest BCUT2D eigenvalue weighted by atomic mass is 32.2. The van der Waals surface area contributed by atoms with Crippen molar-refractivity contribution >= 4 is 22.7 Å². The van der Waals surface area contributed by atoms with Crippen molar-refractivity contribution < 1.29 is 4.42 Å². The normalized spacial score (nSPS) is 15.2. The molecule has 1 aromatic heterocycles. The van der Waals surface area contributed by atoms with E-state index >= 15 is 0 Å². The highest BCUT2D eigenvalue weighted by molar-refractivity contribution is 7.99. The molecule has 0 fully saturated rings. The van der Waals surface area contributed by atoms with Gasteiger partial charge in [0.2, 0.25) is 0 Å². The van der Waals surface area contributed by atoms with Gasteiger partial charge in [0.1, 0.15) is 5.58 Å².